The van der Waals surface area contributed by atoms with Gasteiger partial charge in [-0.05, 0) is 44.3 Å². The Kier molecular flexibility index (Phi) is 6.53. The molecule has 1 aromatic rings. The molecule has 0 aromatic carbocycles. The van der Waals surface area contributed by atoms with Crippen LogP contribution in [0.25, 0.3) is 0 Å². The van der Waals surface area contributed by atoms with E-state index in [4.69, 9.17) is 0 Å². The highest BCUT2D eigenvalue weighted by molar-refractivity contribution is 5.85. The van der Waals surface area contributed by atoms with E-state index in [2.05, 4.69) is 20.3 Å². The molecule has 2 saturated heterocycles. The molecule has 7 heteroatoms. The summed E-state index contributed by atoms with van der Waals surface area (Å²) in [4.78, 5) is 6.57. The number of hydrogen-bond acceptors (Lipinski definition) is 4. The molecule has 0 radical (unpaired) electrons. The summed E-state index contributed by atoms with van der Waals surface area (Å²) in [6, 6.07) is 0. The maximum absolute atomic E-state index is 4.15. The van der Waals surface area contributed by atoms with Crippen LogP contribution in [0.3, 0.4) is 0 Å². The largest absolute Gasteiger partial charge is 0.317 e. The Morgan fingerprint density at radius 1 is 1.11 bits per heavy atom. The lowest BCUT2D eigenvalue weighted by molar-refractivity contribution is 0.193. The lowest BCUT2D eigenvalue weighted by Crippen LogP contribution is -2.39. The van der Waals surface area contributed by atoms with E-state index in [-0.39, 0.29) is 24.8 Å². The van der Waals surface area contributed by atoms with Gasteiger partial charge in [0.05, 0.1) is 6.54 Å². The van der Waals surface area contributed by atoms with E-state index in [9.17, 15) is 0 Å². The SMILES string of the molecule is Cl.Cl.c1ncn(CCN2CCC3(CCNCC3)C2)n1. The number of nitrogens with zero attached hydrogens (tertiary/aromatic N) is 4. The highest BCUT2D eigenvalue weighted by Gasteiger charge is 2.38. The summed E-state index contributed by atoms with van der Waals surface area (Å²) >= 11 is 0. The first kappa shape index (κ1) is 16.7. The molecule has 0 atom stereocenters. The molecule has 0 unspecified atom stereocenters. The standard InChI is InChI=1S/C12H21N5.2ClH/c1-4-13-5-2-12(1)3-6-16(9-12)7-8-17-11-14-10-15-17;;/h10-11,13H,1-9H2;2*1H. The molecule has 0 aliphatic carbocycles. The Morgan fingerprint density at radius 2 is 1.89 bits per heavy atom. The third-order valence-corrected chi connectivity index (χ3v) is 4.29. The molecule has 3 rings (SSSR count). The van der Waals surface area contributed by atoms with Crippen molar-refractivity contribution in [2.45, 2.75) is 25.8 Å². The average molecular weight is 308 g/mol. The van der Waals surface area contributed by atoms with Gasteiger partial charge in [-0.1, -0.05) is 0 Å². The van der Waals surface area contributed by atoms with Gasteiger partial charge < -0.3 is 10.2 Å². The predicted octanol–water partition coefficient (Wildman–Crippen LogP) is 1.20. The number of piperidine rings is 1. The van der Waals surface area contributed by atoms with Crippen molar-refractivity contribution in [1.82, 2.24) is 25.0 Å². The summed E-state index contributed by atoms with van der Waals surface area (Å²) < 4.78 is 1.92. The lowest BCUT2D eigenvalue weighted by Gasteiger charge is -2.33. The molecule has 2 aliphatic heterocycles. The zero-order valence-corrected chi connectivity index (χ0v) is 12.8. The van der Waals surface area contributed by atoms with Gasteiger partial charge in [-0.2, -0.15) is 5.10 Å². The van der Waals surface area contributed by atoms with Crippen LogP contribution in [-0.2, 0) is 6.54 Å². The Bertz CT molecular complexity index is 351. The van der Waals surface area contributed by atoms with E-state index in [0.717, 1.165) is 13.1 Å². The summed E-state index contributed by atoms with van der Waals surface area (Å²) in [6.45, 7) is 7.03. The van der Waals surface area contributed by atoms with Gasteiger partial charge in [0.15, 0.2) is 0 Å². The summed E-state index contributed by atoms with van der Waals surface area (Å²) in [7, 11) is 0. The van der Waals surface area contributed by atoms with Crippen molar-refractivity contribution >= 4 is 24.8 Å². The van der Waals surface area contributed by atoms with E-state index < -0.39 is 0 Å². The molecular weight excluding hydrogens is 285 g/mol. The number of likely N-dealkylation sites (tertiary alicyclic amines) is 1. The van der Waals surface area contributed by atoms with Gasteiger partial charge in [0.25, 0.3) is 0 Å². The fraction of sp³-hybridized carbons (Fsp3) is 0.833. The first-order chi connectivity index (χ1) is 8.36. The summed E-state index contributed by atoms with van der Waals surface area (Å²) in [6.07, 6.45) is 7.50. The minimum atomic E-state index is 0. The Labute approximate surface area is 127 Å². The van der Waals surface area contributed by atoms with Crippen LogP contribution in [-0.4, -0.2) is 52.4 Å². The average Bonchev–Trinajstić information content (AvgIpc) is 2.98. The van der Waals surface area contributed by atoms with Crippen molar-refractivity contribution in [2.75, 3.05) is 32.7 Å². The quantitative estimate of drug-likeness (QED) is 0.911. The van der Waals surface area contributed by atoms with Crippen LogP contribution in [0.2, 0.25) is 0 Å². The van der Waals surface area contributed by atoms with E-state index in [1.165, 1.54) is 45.4 Å². The van der Waals surface area contributed by atoms with E-state index in [1.807, 2.05) is 4.68 Å². The Hall–Kier alpha value is -0.360. The normalized spacial score (nSPS) is 21.9. The van der Waals surface area contributed by atoms with Crippen molar-refractivity contribution in [2.24, 2.45) is 5.41 Å². The van der Waals surface area contributed by atoms with Crippen LogP contribution in [0.5, 0.6) is 0 Å². The molecule has 0 bridgehead atoms. The summed E-state index contributed by atoms with van der Waals surface area (Å²) in [5, 5.41) is 7.61. The van der Waals surface area contributed by atoms with Crippen molar-refractivity contribution in [3.8, 4) is 0 Å². The van der Waals surface area contributed by atoms with Crippen LogP contribution in [0.1, 0.15) is 19.3 Å². The Morgan fingerprint density at radius 3 is 2.58 bits per heavy atom. The molecule has 1 aromatic heterocycles. The second kappa shape index (κ2) is 7.43. The van der Waals surface area contributed by atoms with Crippen LogP contribution in [0.4, 0.5) is 0 Å². The molecule has 0 saturated carbocycles. The van der Waals surface area contributed by atoms with Crippen LogP contribution in [0.15, 0.2) is 12.7 Å². The molecule has 2 aliphatic rings. The lowest BCUT2D eigenvalue weighted by atomic mass is 9.78. The maximum Gasteiger partial charge on any atom is 0.137 e. The number of halogens is 2. The molecule has 110 valence electrons. The molecular formula is C12H23Cl2N5. The van der Waals surface area contributed by atoms with Crippen LogP contribution in [0, 0.1) is 5.41 Å². The minimum absolute atomic E-state index is 0. The van der Waals surface area contributed by atoms with Crippen molar-refractivity contribution in [3.63, 3.8) is 0 Å². The van der Waals surface area contributed by atoms with Gasteiger partial charge >= 0.3 is 0 Å². The van der Waals surface area contributed by atoms with Gasteiger partial charge in [-0.15, -0.1) is 24.8 Å². The third kappa shape index (κ3) is 4.05. The zero-order valence-electron chi connectivity index (χ0n) is 11.1. The minimum Gasteiger partial charge on any atom is -0.317 e. The van der Waals surface area contributed by atoms with Crippen molar-refractivity contribution < 1.29 is 0 Å². The molecule has 19 heavy (non-hydrogen) atoms. The molecule has 2 fully saturated rings. The van der Waals surface area contributed by atoms with Crippen molar-refractivity contribution in [3.05, 3.63) is 12.7 Å². The number of hydrogen-bond donors (Lipinski definition) is 1. The first-order valence-corrected chi connectivity index (χ1v) is 6.62. The highest BCUT2D eigenvalue weighted by atomic mass is 35.5. The smallest absolute Gasteiger partial charge is 0.137 e. The fourth-order valence-electron chi connectivity index (χ4n) is 3.18. The predicted molar refractivity (Wildman–Crippen MR) is 80.1 cm³/mol. The third-order valence-electron chi connectivity index (χ3n) is 4.29. The van der Waals surface area contributed by atoms with Crippen LogP contribution < -0.4 is 5.32 Å². The van der Waals surface area contributed by atoms with E-state index in [0.29, 0.717) is 5.41 Å². The molecule has 5 nitrogen and oxygen atoms in total. The maximum atomic E-state index is 4.15. The number of rotatable bonds is 3. The van der Waals surface area contributed by atoms with E-state index >= 15 is 0 Å². The monoisotopic (exact) mass is 307 g/mol. The molecule has 1 N–H and O–H groups in total. The second-order valence-electron chi connectivity index (χ2n) is 5.43. The van der Waals surface area contributed by atoms with Gasteiger partial charge in [-0.25, -0.2) is 4.98 Å². The number of nitrogens with one attached hydrogen (secondary N) is 1. The molecule has 3 heterocycles. The van der Waals surface area contributed by atoms with E-state index in [1.54, 1.807) is 12.7 Å². The van der Waals surface area contributed by atoms with Gasteiger partial charge in [-0.3, -0.25) is 4.68 Å². The van der Waals surface area contributed by atoms with Gasteiger partial charge in [0, 0.05) is 13.1 Å². The summed E-state index contributed by atoms with van der Waals surface area (Å²) in [5.74, 6) is 0. The summed E-state index contributed by atoms with van der Waals surface area (Å²) in [5.41, 5.74) is 0.619. The highest BCUT2D eigenvalue weighted by Crippen LogP contribution is 2.38. The zero-order chi connectivity index (χ0) is 11.6. The first-order valence-electron chi connectivity index (χ1n) is 6.62. The van der Waals surface area contributed by atoms with Gasteiger partial charge in [0.1, 0.15) is 12.7 Å². The molecule has 1 spiro atoms. The number of aromatic nitrogens is 3. The molecule has 0 amide bonds. The van der Waals surface area contributed by atoms with Crippen molar-refractivity contribution in [1.29, 1.82) is 0 Å². The van der Waals surface area contributed by atoms with Crippen LogP contribution >= 0.6 is 24.8 Å². The Balaban J connectivity index is 0.000000902. The second-order valence-corrected chi connectivity index (χ2v) is 5.43. The fourth-order valence-corrected chi connectivity index (χ4v) is 3.18. The van der Waals surface area contributed by atoms with Gasteiger partial charge in [0.2, 0.25) is 0 Å². The topological polar surface area (TPSA) is 46.0 Å².